The van der Waals surface area contributed by atoms with Crippen LogP contribution in [0.25, 0.3) is 6.08 Å². The second-order valence-corrected chi connectivity index (χ2v) is 8.23. The van der Waals surface area contributed by atoms with Crippen LogP contribution < -0.4 is 10.6 Å². The largest absolute Gasteiger partial charge is 0.444 e. The van der Waals surface area contributed by atoms with Gasteiger partial charge in [-0.1, -0.05) is 67.6 Å². The molecule has 0 aliphatic heterocycles. The van der Waals surface area contributed by atoms with Crippen molar-refractivity contribution in [3.05, 3.63) is 77.9 Å². The Bertz CT molecular complexity index is 1040. The van der Waals surface area contributed by atoms with E-state index >= 15 is 0 Å². The number of alkyl carbamates (subject to hydrolysis) is 1. The first-order valence-corrected chi connectivity index (χ1v) is 10.4. The molecule has 0 fully saturated rings. The number of carbonyl (C=O) groups is 3. The highest BCUT2D eigenvalue weighted by Gasteiger charge is 2.31. The van der Waals surface area contributed by atoms with Crippen molar-refractivity contribution in [2.45, 2.75) is 39.0 Å². The van der Waals surface area contributed by atoms with Crippen LogP contribution in [0, 0.1) is 12.5 Å². The summed E-state index contributed by atoms with van der Waals surface area (Å²) in [5.74, 6) is -1.09. The van der Waals surface area contributed by atoms with Gasteiger partial charge in [-0.25, -0.2) is 4.79 Å². The van der Waals surface area contributed by atoms with Crippen molar-refractivity contribution in [1.82, 2.24) is 15.5 Å². The van der Waals surface area contributed by atoms with Crippen molar-refractivity contribution in [2.75, 3.05) is 6.54 Å². The molecule has 7 nitrogen and oxygen atoms in total. The molecule has 2 aromatic carbocycles. The molecule has 2 N–H and O–H groups in total. The Morgan fingerprint density at radius 3 is 2.42 bits per heavy atom. The predicted octanol–water partition coefficient (Wildman–Crippen LogP) is 3.63. The lowest BCUT2D eigenvalue weighted by atomic mass is 10.0. The van der Waals surface area contributed by atoms with E-state index in [9.17, 15) is 14.4 Å². The fourth-order valence-corrected chi connectivity index (χ4v) is 2.99. The molecule has 33 heavy (non-hydrogen) atoms. The van der Waals surface area contributed by atoms with Crippen LogP contribution >= 0.6 is 0 Å². The molecule has 1 unspecified atom stereocenters. The van der Waals surface area contributed by atoms with Crippen molar-refractivity contribution in [3.8, 4) is 12.5 Å². The predicted molar refractivity (Wildman–Crippen MR) is 127 cm³/mol. The van der Waals surface area contributed by atoms with Gasteiger partial charge in [0.15, 0.2) is 0 Å². The van der Waals surface area contributed by atoms with E-state index in [0.717, 1.165) is 16.0 Å². The van der Waals surface area contributed by atoms with Gasteiger partial charge in [-0.15, -0.1) is 0 Å². The van der Waals surface area contributed by atoms with Crippen LogP contribution in [-0.4, -0.2) is 35.0 Å². The Hall–Kier alpha value is -4.05. The van der Waals surface area contributed by atoms with Crippen LogP contribution in [0.5, 0.6) is 0 Å². The maximum atomic E-state index is 13.2. The van der Waals surface area contributed by atoms with Crippen LogP contribution in [0.2, 0.25) is 0 Å². The number of carbonyl (C=O) groups excluding carboxylic acids is 3. The molecule has 0 aliphatic rings. The first-order valence-electron chi connectivity index (χ1n) is 10.4. The van der Waals surface area contributed by atoms with Gasteiger partial charge in [0.05, 0.1) is 0 Å². The molecule has 0 radical (unpaired) electrons. The molecule has 0 aliphatic carbocycles. The third-order valence-electron chi connectivity index (χ3n) is 4.47. The molecule has 0 spiro atoms. The normalized spacial score (nSPS) is 11.5. The molecule has 7 heteroatoms. The monoisotopic (exact) mass is 447 g/mol. The van der Waals surface area contributed by atoms with Crippen LogP contribution in [0.15, 0.2) is 61.2 Å². The molecule has 0 aromatic heterocycles. The van der Waals surface area contributed by atoms with Gasteiger partial charge in [0, 0.05) is 12.6 Å². The van der Waals surface area contributed by atoms with Gasteiger partial charge >= 0.3 is 6.09 Å². The van der Waals surface area contributed by atoms with E-state index in [1.165, 1.54) is 0 Å². The Balaban J connectivity index is 2.25. The summed E-state index contributed by atoms with van der Waals surface area (Å²) in [6.07, 6.45) is 6.52. The van der Waals surface area contributed by atoms with Gasteiger partial charge in [0.1, 0.15) is 18.2 Å². The van der Waals surface area contributed by atoms with E-state index < -0.39 is 36.1 Å². The van der Waals surface area contributed by atoms with Crippen LogP contribution in [-0.2, 0) is 20.9 Å². The van der Waals surface area contributed by atoms with Crippen molar-refractivity contribution < 1.29 is 19.1 Å². The Morgan fingerprint density at radius 2 is 1.82 bits per heavy atom. The van der Waals surface area contributed by atoms with Gasteiger partial charge in [0.2, 0.25) is 5.91 Å². The lowest BCUT2D eigenvalue weighted by molar-refractivity contribution is -0.136. The molecule has 3 amide bonds. The fraction of sp³-hybridized carbons (Fsp3) is 0.269. The molecular weight excluding hydrogens is 418 g/mol. The summed E-state index contributed by atoms with van der Waals surface area (Å²) in [7, 11) is 0. The van der Waals surface area contributed by atoms with E-state index in [1.54, 1.807) is 45.0 Å². The van der Waals surface area contributed by atoms with E-state index in [1.807, 2.05) is 36.4 Å². The zero-order valence-electron chi connectivity index (χ0n) is 19.1. The highest BCUT2D eigenvalue weighted by atomic mass is 16.6. The van der Waals surface area contributed by atoms with E-state index in [2.05, 4.69) is 23.3 Å². The van der Waals surface area contributed by atoms with E-state index in [0.29, 0.717) is 5.56 Å². The molecule has 0 bridgehead atoms. The first kappa shape index (κ1) is 25.2. The zero-order valence-corrected chi connectivity index (χ0v) is 19.1. The molecular formula is C26H29N3O4. The van der Waals surface area contributed by atoms with Gasteiger partial charge in [-0.3, -0.25) is 14.5 Å². The van der Waals surface area contributed by atoms with Crippen molar-refractivity contribution in [2.24, 2.45) is 0 Å². The summed E-state index contributed by atoms with van der Waals surface area (Å²) in [4.78, 5) is 39.0. The number of rotatable bonds is 8. The summed E-state index contributed by atoms with van der Waals surface area (Å²) in [6.45, 7) is 8.71. The molecule has 2 aromatic rings. The average molecular weight is 448 g/mol. The Labute approximate surface area is 194 Å². The number of hydrogen-bond acceptors (Lipinski definition) is 4. The molecule has 0 saturated carbocycles. The van der Waals surface area contributed by atoms with Crippen molar-refractivity contribution in [1.29, 1.82) is 0 Å². The number of benzene rings is 2. The Kier molecular flexibility index (Phi) is 8.81. The third-order valence-corrected chi connectivity index (χ3v) is 4.47. The number of nitrogens with zero attached hydrogens (tertiary/aromatic N) is 1. The number of ether oxygens (including phenoxy) is 1. The fourth-order valence-electron chi connectivity index (χ4n) is 2.99. The number of amides is 3. The van der Waals surface area contributed by atoms with Gasteiger partial charge in [-0.05, 0) is 43.5 Å². The second kappa shape index (κ2) is 11.5. The summed E-state index contributed by atoms with van der Waals surface area (Å²) in [5.41, 5.74) is 1.46. The lowest BCUT2D eigenvalue weighted by Crippen LogP contribution is -2.45. The number of terminal acetylenes is 1. The highest BCUT2D eigenvalue weighted by molar-refractivity contribution is 5.91. The van der Waals surface area contributed by atoms with Gasteiger partial charge < -0.3 is 15.4 Å². The Morgan fingerprint density at radius 1 is 1.12 bits per heavy atom. The van der Waals surface area contributed by atoms with Crippen LogP contribution in [0.1, 0.15) is 43.5 Å². The standard InChI is InChI=1S/C26H29N3O4/c1-6-19-14-11-15-21(16-19)23(24(31)27-17-20-12-9-8-10-13-20)29(7-2)22(30)18-28-25(32)33-26(3,4)5/h2,6,8-16,23H,1,17-18H2,3-5H3,(H,27,31)(H,28,32). The molecule has 1 atom stereocenters. The molecule has 0 heterocycles. The third kappa shape index (κ3) is 7.86. The van der Waals surface area contributed by atoms with Crippen LogP contribution in [0.4, 0.5) is 4.79 Å². The molecule has 2 rings (SSSR count). The molecule has 172 valence electrons. The van der Waals surface area contributed by atoms with Crippen molar-refractivity contribution >= 4 is 24.0 Å². The minimum absolute atomic E-state index is 0.264. The number of hydrogen-bond donors (Lipinski definition) is 2. The molecule has 0 saturated heterocycles. The highest BCUT2D eigenvalue weighted by Crippen LogP contribution is 2.23. The zero-order chi connectivity index (χ0) is 24.4. The lowest BCUT2D eigenvalue weighted by Gasteiger charge is -2.27. The van der Waals surface area contributed by atoms with Gasteiger partial charge in [0.25, 0.3) is 5.91 Å². The van der Waals surface area contributed by atoms with E-state index in [-0.39, 0.29) is 6.54 Å². The topological polar surface area (TPSA) is 87.7 Å². The summed E-state index contributed by atoms with van der Waals surface area (Å²) < 4.78 is 5.15. The minimum atomic E-state index is -1.11. The maximum Gasteiger partial charge on any atom is 0.408 e. The first-order chi connectivity index (χ1) is 15.6. The quantitative estimate of drug-likeness (QED) is 0.478. The van der Waals surface area contributed by atoms with Gasteiger partial charge in [-0.2, -0.15) is 0 Å². The summed E-state index contributed by atoms with van der Waals surface area (Å²) in [5, 5.41) is 5.22. The van der Waals surface area contributed by atoms with Crippen LogP contribution in [0.3, 0.4) is 0 Å². The smallest absolute Gasteiger partial charge is 0.408 e. The number of nitrogens with one attached hydrogen (secondary N) is 2. The summed E-state index contributed by atoms with van der Waals surface area (Å²) >= 11 is 0. The summed E-state index contributed by atoms with van der Waals surface area (Å²) in [6, 6.07) is 17.6. The average Bonchev–Trinajstić information content (AvgIpc) is 2.79. The minimum Gasteiger partial charge on any atom is -0.444 e. The second-order valence-electron chi connectivity index (χ2n) is 8.23. The maximum absolute atomic E-state index is 13.2. The SMILES string of the molecule is C#CN(C(=O)CNC(=O)OC(C)(C)C)C(C(=O)NCc1ccccc1)c1cccc(C=C)c1. The van der Waals surface area contributed by atoms with E-state index in [4.69, 9.17) is 11.2 Å². The van der Waals surface area contributed by atoms with Crippen molar-refractivity contribution in [3.63, 3.8) is 0 Å².